The van der Waals surface area contributed by atoms with E-state index in [1.54, 1.807) is 0 Å². The van der Waals surface area contributed by atoms with E-state index in [1.807, 2.05) is 37.0 Å². The van der Waals surface area contributed by atoms with Crippen LogP contribution in [0.25, 0.3) is 0 Å². The monoisotopic (exact) mass is 273 g/mol. The van der Waals surface area contributed by atoms with Gasteiger partial charge in [-0.3, -0.25) is 0 Å². The highest BCUT2D eigenvalue weighted by molar-refractivity contribution is 7.99. The molecule has 0 aliphatic heterocycles. The van der Waals surface area contributed by atoms with Gasteiger partial charge in [-0.15, -0.1) is 0 Å². The predicted molar refractivity (Wildman–Crippen MR) is 77.3 cm³/mol. The van der Waals surface area contributed by atoms with E-state index in [1.165, 1.54) is 5.75 Å². The van der Waals surface area contributed by atoms with Crippen molar-refractivity contribution >= 4 is 23.4 Å². The molecule has 0 bridgehead atoms. The zero-order chi connectivity index (χ0) is 12.5. The third-order valence-corrected chi connectivity index (χ3v) is 3.66. The Kier molecular flexibility index (Phi) is 7.49. The number of benzene rings is 1. The fourth-order valence-corrected chi connectivity index (χ4v) is 2.35. The van der Waals surface area contributed by atoms with Crippen LogP contribution in [-0.2, 0) is 6.54 Å². The highest BCUT2D eigenvalue weighted by Gasteiger charge is 2.06. The lowest BCUT2D eigenvalue weighted by molar-refractivity contribution is 0.315. The summed E-state index contributed by atoms with van der Waals surface area (Å²) in [5.41, 5.74) is 1.04. The standard InChI is InChI=1S/C13H20ClNOS/c1-3-17-9-5-8-16-13-7-4-6-12(14)11(13)10-15-2/h4,6-7,15H,3,5,8-10H2,1-2H3. The molecule has 1 aromatic carbocycles. The van der Waals surface area contributed by atoms with Crippen LogP contribution in [0.5, 0.6) is 5.75 Å². The minimum absolute atomic E-state index is 0.735. The minimum atomic E-state index is 0.735. The van der Waals surface area contributed by atoms with Gasteiger partial charge in [0.1, 0.15) is 5.75 Å². The summed E-state index contributed by atoms with van der Waals surface area (Å²) in [5.74, 6) is 3.22. The van der Waals surface area contributed by atoms with Gasteiger partial charge >= 0.3 is 0 Å². The first-order valence-corrected chi connectivity index (χ1v) is 7.45. The first kappa shape index (κ1) is 14.7. The summed E-state index contributed by atoms with van der Waals surface area (Å²) < 4.78 is 5.78. The normalized spacial score (nSPS) is 10.5. The van der Waals surface area contributed by atoms with Gasteiger partial charge in [0.2, 0.25) is 0 Å². The van der Waals surface area contributed by atoms with Crippen LogP contribution in [0.1, 0.15) is 18.9 Å². The van der Waals surface area contributed by atoms with Crippen molar-refractivity contribution in [3.63, 3.8) is 0 Å². The molecule has 0 saturated carbocycles. The van der Waals surface area contributed by atoms with Crippen LogP contribution in [-0.4, -0.2) is 25.2 Å². The van der Waals surface area contributed by atoms with E-state index in [2.05, 4.69) is 12.2 Å². The summed E-state index contributed by atoms with van der Waals surface area (Å²) in [7, 11) is 1.91. The second-order valence-electron chi connectivity index (χ2n) is 3.65. The Labute approximate surface area is 113 Å². The molecule has 0 unspecified atom stereocenters. The molecule has 96 valence electrons. The molecule has 0 heterocycles. The van der Waals surface area contributed by atoms with Crippen molar-refractivity contribution in [2.75, 3.05) is 25.2 Å². The molecule has 4 heteroatoms. The highest BCUT2D eigenvalue weighted by atomic mass is 35.5. The first-order valence-electron chi connectivity index (χ1n) is 5.92. The predicted octanol–water partition coefficient (Wildman–Crippen LogP) is 3.58. The van der Waals surface area contributed by atoms with Gasteiger partial charge in [-0.2, -0.15) is 11.8 Å². The number of halogens is 1. The fraction of sp³-hybridized carbons (Fsp3) is 0.538. The van der Waals surface area contributed by atoms with Crippen LogP contribution in [0.15, 0.2) is 18.2 Å². The summed E-state index contributed by atoms with van der Waals surface area (Å²) in [5, 5.41) is 3.87. The van der Waals surface area contributed by atoms with Crippen molar-refractivity contribution in [3.05, 3.63) is 28.8 Å². The largest absolute Gasteiger partial charge is 0.493 e. The molecule has 1 rings (SSSR count). The van der Waals surface area contributed by atoms with Crippen LogP contribution in [0.2, 0.25) is 5.02 Å². The van der Waals surface area contributed by atoms with E-state index >= 15 is 0 Å². The molecule has 2 nitrogen and oxygen atoms in total. The molecular formula is C13H20ClNOS. The molecule has 0 amide bonds. The summed E-state index contributed by atoms with van der Waals surface area (Å²) in [6, 6.07) is 5.80. The van der Waals surface area contributed by atoms with Gasteiger partial charge < -0.3 is 10.1 Å². The van der Waals surface area contributed by atoms with E-state index in [0.717, 1.165) is 41.7 Å². The fourth-order valence-electron chi connectivity index (χ4n) is 1.51. The van der Waals surface area contributed by atoms with Crippen LogP contribution in [0.4, 0.5) is 0 Å². The Morgan fingerprint density at radius 2 is 2.24 bits per heavy atom. The highest BCUT2D eigenvalue weighted by Crippen LogP contribution is 2.26. The molecule has 0 radical (unpaired) electrons. The summed E-state index contributed by atoms with van der Waals surface area (Å²) in [6.45, 7) is 3.66. The maximum absolute atomic E-state index is 6.15. The number of rotatable bonds is 8. The van der Waals surface area contributed by atoms with Crippen molar-refractivity contribution < 1.29 is 4.74 Å². The van der Waals surface area contributed by atoms with Crippen molar-refractivity contribution in [2.45, 2.75) is 19.9 Å². The van der Waals surface area contributed by atoms with Crippen molar-refractivity contribution in [1.29, 1.82) is 0 Å². The van der Waals surface area contributed by atoms with Gasteiger partial charge in [0, 0.05) is 17.1 Å². The average molecular weight is 274 g/mol. The first-order chi connectivity index (χ1) is 8.29. The lowest BCUT2D eigenvalue weighted by Crippen LogP contribution is -2.09. The zero-order valence-electron chi connectivity index (χ0n) is 10.5. The molecule has 0 fully saturated rings. The van der Waals surface area contributed by atoms with Crippen LogP contribution in [0.3, 0.4) is 0 Å². The molecule has 1 aromatic rings. The Hall–Kier alpha value is -0.380. The Bertz CT molecular complexity index is 333. The van der Waals surface area contributed by atoms with Crippen LogP contribution < -0.4 is 10.1 Å². The van der Waals surface area contributed by atoms with E-state index in [0.29, 0.717) is 0 Å². The van der Waals surface area contributed by atoms with Gasteiger partial charge in [0.05, 0.1) is 6.61 Å². The maximum atomic E-state index is 6.15. The van der Waals surface area contributed by atoms with Crippen LogP contribution >= 0.6 is 23.4 Å². The maximum Gasteiger partial charge on any atom is 0.125 e. The van der Waals surface area contributed by atoms with Gasteiger partial charge in [-0.25, -0.2) is 0 Å². The summed E-state index contributed by atoms with van der Waals surface area (Å²) in [4.78, 5) is 0. The number of thioether (sulfide) groups is 1. The molecule has 0 atom stereocenters. The molecule has 0 aromatic heterocycles. The van der Waals surface area contributed by atoms with Crippen LogP contribution in [0, 0.1) is 0 Å². The van der Waals surface area contributed by atoms with Gasteiger partial charge in [0.25, 0.3) is 0 Å². The van der Waals surface area contributed by atoms with Gasteiger partial charge in [0.15, 0.2) is 0 Å². The Morgan fingerprint density at radius 3 is 2.94 bits per heavy atom. The van der Waals surface area contributed by atoms with Crippen molar-refractivity contribution in [1.82, 2.24) is 5.32 Å². The van der Waals surface area contributed by atoms with E-state index in [-0.39, 0.29) is 0 Å². The number of nitrogens with one attached hydrogen (secondary N) is 1. The molecule has 0 saturated heterocycles. The van der Waals surface area contributed by atoms with E-state index < -0.39 is 0 Å². The third-order valence-electron chi connectivity index (χ3n) is 2.32. The van der Waals surface area contributed by atoms with Gasteiger partial charge in [-0.1, -0.05) is 24.6 Å². The number of ether oxygens (including phenoxy) is 1. The van der Waals surface area contributed by atoms with Gasteiger partial charge in [-0.05, 0) is 37.1 Å². The lowest BCUT2D eigenvalue weighted by Gasteiger charge is -2.12. The lowest BCUT2D eigenvalue weighted by atomic mass is 10.2. The van der Waals surface area contributed by atoms with Crippen molar-refractivity contribution in [3.8, 4) is 5.75 Å². The molecule has 0 spiro atoms. The second-order valence-corrected chi connectivity index (χ2v) is 5.45. The molecule has 0 aliphatic carbocycles. The minimum Gasteiger partial charge on any atom is -0.493 e. The summed E-state index contributed by atoms with van der Waals surface area (Å²) >= 11 is 8.09. The third kappa shape index (κ3) is 5.19. The Morgan fingerprint density at radius 1 is 1.41 bits per heavy atom. The van der Waals surface area contributed by atoms with E-state index in [9.17, 15) is 0 Å². The molecule has 17 heavy (non-hydrogen) atoms. The molecule has 0 aliphatic rings. The quantitative estimate of drug-likeness (QED) is 0.732. The molecular weight excluding hydrogens is 254 g/mol. The SMILES string of the molecule is CCSCCCOc1cccc(Cl)c1CNC. The average Bonchev–Trinajstić information content (AvgIpc) is 2.33. The molecule has 1 N–H and O–H groups in total. The number of hydrogen-bond acceptors (Lipinski definition) is 3. The number of hydrogen-bond donors (Lipinski definition) is 1. The zero-order valence-corrected chi connectivity index (χ0v) is 12.0. The van der Waals surface area contributed by atoms with Crippen molar-refractivity contribution in [2.24, 2.45) is 0 Å². The second kappa shape index (κ2) is 8.67. The van der Waals surface area contributed by atoms with E-state index in [4.69, 9.17) is 16.3 Å². The topological polar surface area (TPSA) is 21.3 Å². The smallest absolute Gasteiger partial charge is 0.125 e. The Balaban J connectivity index is 2.48. The summed E-state index contributed by atoms with van der Waals surface area (Å²) in [6.07, 6.45) is 1.07.